The van der Waals surface area contributed by atoms with Crippen molar-refractivity contribution < 1.29 is 18.7 Å². The van der Waals surface area contributed by atoms with E-state index in [9.17, 15) is 9.59 Å². The summed E-state index contributed by atoms with van der Waals surface area (Å²) in [6, 6.07) is 15.7. The van der Waals surface area contributed by atoms with Crippen LogP contribution in [0.5, 0.6) is 5.75 Å². The topological polar surface area (TPSA) is 72.2 Å². The maximum atomic E-state index is 13.6. The van der Waals surface area contributed by atoms with E-state index in [1.54, 1.807) is 20.3 Å². The van der Waals surface area contributed by atoms with Gasteiger partial charge in [0.2, 0.25) is 5.91 Å². The Hall–Kier alpha value is -3.16. The van der Waals surface area contributed by atoms with Crippen LogP contribution >= 0.6 is 0 Å². The number of amides is 1. The first-order chi connectivity index (χ1) is 19.1. The Bertz CT molecular complexity index is 1320. The standard InChI is InChI=1S/C32H40N2O5/c1-37-18-17-34(22-25-11-8-16-33-15-7-6-12-28(25)33)31(35)14-13-24-19-27-26(23-9-4-3-5-10-23)20-32(36)39-30(27)21-29(24)38-2/h3-5,9-10,19-21,25,28H,6-8,11-18,22H2,1-2H3/t25-,28-/m1/s1. The van der Waals surface area contributed by atoms with Crippen LogP contribution in [0.4, 0.5) is 0 Å². The van der Waals surface area contributed by atoms with Crippen molar-refractivity contribution in [3.8, 4) is 16.9 Å². The van der Waals surface area contributed by atoms with E-state index < -0.39 is 5.63 Å². The van der Waals surface area contributed by atoms with Crippen LogP contribution in [0.3, 0.4) is 0 Å². The molecule has 2 fully saturated rings. The lowest BCUT2D eigenvalue weighted by molar-refractivity contribution is -0.133. The number of ether oxygens (including phenoxy) is 2. The largest absolute Gasteiger partial charge is 0.496 e. The molecule has 3 heterocycles. The summed E-state index contributed by atoms with van der Waals surface area (Å²) in [5, 5.41) is 0.833. The average molecular weight is 533 g/mol. The van der Waals surface area contributed by atoms with Gasteiger partial charge in [-0.05, 0) is 73.9 Å². The van der Waals surface area contributed by atoms with Gasteiger partial charge in [-0.1, -0.05) is 36.8 Å². The summed E-state index contributed by atoms with van der Waals surface area (Å²) in [7, 11) is 3.30. The van der Waals surface area contributed by atoms with Crippen molar-refractivity contribution in [2.75, 3.05) is 47.0 Å². The molecular weight excluding hydrogens is 492 g/mol. The first-order valence-corrected chi connectivity index (χ1v) is 14.3. The van der Waals surface area contributed by atoms with Gasteiger partial charge in [-0.15, -0.1) is 0 Å². The third-order valence-electron chi connectivity index (χ3n) is 8.44. The second-order valence-electron chi connectivity index (χ2n) is 10.8. The van der Waals surface area contributed by atoms with Gasteiger partial charge in [-0.2, -0.15) is 0 Å². The maximum Gasteiger partial charge on any atom is 0.336 e. The fourth-order valence-electron chi connectivity index (χ4n) is 6.47. The van der Waals surface area contributed by atoms with E-state index in [2.05, 4.69) is 4.90 Å². The number of carbonyl (C=O) groups excluding carboxylic acids is 1. The van der Waals surface area contributed by atoms with Crippen molar-refractivity contribution in [3.05, 3.63) is 64.5 Å². The number of hydrogen-bond acceptors (Lipinski definition) is 6. The van der Waals surface area contributed by atoms with Crippen LogP contribution in [0, 0.1) is 5.92 Å². The third-order valence-corrected chi connectivity index (χ3v) is 8.44. The Balaban J connectivity index is 1.36. The van der Waals surface area contributed by atoms with E-state index >= 15 is 0 Å². The Morgan fingerprint density at radius 3 is 2.67 bits per heavy atom. The molecule has 0 N–H and O–H groups in total. The Morgan fingerprint density at radius 2 is 1.87 bits per heavy atom. The van der Waals surface area contributed by atoms with Crippen LogP contribution < -0.4 is 10.4 Å². The zero-order valence-electron chi connectivity index (χ0n) is 23.2. The SMILES string of the molecule is COCCN(C[C@H]1CCCN2CCCC[C@H]12)C(=O)CCc1cc2c(-c3ccccc3)cc(=O)oc2cc1OC. The van der Waals surface area contributed by atoms with Gasteiger partial charge >= 0.3 is 5.63 Å². The number of methoxy groups -OCH3 is 2. The highest BCUT2D eigenvalue weighted by molar-refractivity contribution is 5.94. The number of rotatable bonds is 10. The Kier molecular flexibility index (Phi) is 8.99. The van der Waals surface area contributed by atoms with E-state index in [0.717, 1.165) is 28.6 Å². The van der Waals surface area contributed by atoms with Crippen LogP contribution in [-0.2, 0) is 16.0 Å². The molecule has 2 saturated heterocycles. The molecule has 0 saturated carbocycles. The molecule has 0 spiro atoms. The van der Waals surface area contributed by atoms with E-state index in [0.29, 0.717) is 49.3 Å². The summed E-state index contributed by atoms with van der Waals surface area (Å²) in [5.41, 5.74) is 2.75. The zero-order chi connectivity index (χ0) is 27.2. The Labute approximate surface area is 230 Å². The lowest BCUT2D eigenvalue weighted by Gasteiger charge is -2.45. The fourth-order valence-corrected chi connectivity index (χ4v) is 6.47. The summed E-state index contributed by atoms with van der Waals surface area (Å²) in [6.07, 6.45) is 7.13. The molecule has 2 atom stereocenters. The van der Waals surface area contributed by atoms with Crippen LogP contribution in [-0.4, -0.2) is 68.8 Å². The first kappa shape index (κ1) is 27.4. The van der Waals surface area contributed by atoms with Crippen LogP contribution in [0.1, 0.15) is 44.1 Å². The van der Waals surface area contributed by atoms with E-state index in [1.165, 1.54) is 51.3 Å². The number of piperidine rings is 2. The van der Waals surface area contributed by atoms with Crippen molar-refractivity contribution in [1.82, 2.24) is 9.80 Å². The summed E-state index contributed by atoms with van der Waals surface area (Å²) in [5.74, 6) is 1.29. The normalized spacial score (nSPS) is 19.5. The third kappa shape index (κ3) is 6.36. The van der Waals surface area contributed by atoms with Gasteiger partial charge in [0.1, 0.15) is 11.3 Å². The lowest BCUT2D eigenvalue weighted by atomic mass is 9.83. The number of carbonyl (C=O) groups is 1. The van der Waals surface area contributed by atoms with Crippen LogP contribution in [0.25, 0.3) is 22.1 Å². The molecule has 0 bridgehead atoms. The molecule has 2 aromatic carbocycles. The summed E-state index contributed by atoms with van der Waals surface area (Å²) in [6.45, 7) is 4.32. The molecule has 7 nitrogen and oxygen atoms in total. The Morgan fingerprint density at radius 1 is 1.05 bits per heavy atom. The maximum absolute atomic E-state index is 13.6. The van der Waals surface area contributed by atoms with Gasteiger partial charge < -0.3 is 23.7 Å². The molecule has 1 aromatic heterocycles. The highest BCUT2D eigenvalue weighted by atomic mass is 16.5. The van der Waals surface area contributed by atoms with E-state index in [1.807, 2.05) is 41.3 Å². The highest BCUT2D eigenvalue weighted by Crippen LogP contribution is 2.34. The van der Waals surface area contributed by atoms with Crippen molar-refractivity contribution in [3.63, 3.8) is 0 Å². The zero-order valence-corrected chi connectivity index (χ0v) is 23.2. The first-order valence-electron chi connectivity index (χ1n) is 14.3. The molecule has 208 valence electrons. The van der Waals surface area contributed by atoms with Gasteiger partial charge in [-0.3, -0.25) is 4.79 Å². The molecule has 5 rings (SSSR count). The molecule has 3 aromatic rings. The number of nitrogens with zero attached hydrogens (tertiary/aromatic N) is 2. The summed E-state index contributed by atoms with van der Waals surface area (Å²) < 4.78 is 16.6. The molecule has 0 unspecified atom stereocenters. The fraction of sp³-hybridized carbons (Fsp3) is 0.500. The van der Waals surface area contributed by atoms with Crippen molar-refractivity contribution in [2.45, 2.75) is 51.0 Å². The minimum Gasteiger partial charge on any atom is -0.496 e. The lowest BCUT2D eigenvalue weighted by Crippen LogP contribution is -2.52. The van der Waals surface area contributed by atoms with Crippen LogP contribution in [0.2, 0.25) is 0 Å². The second-order valence-corrected chi connectivity index (χ2v) is 10.8. The monoisotopic (exact) mass is 532 g/mol. The minimum atomic E-state index is -0.403. The second kappa shape index (κ2) is 12.8. The number of aryl methyl sites for hydroxylation is 1. The van der Waals surface area contributed by atoms with Gasteiger partial charge in [0.15, 0.2) is 0 Å². The molecule has 39 heavy (non-hydrogen) atoms. The van der Waals surface area contributed by atoms with Gasteiger partial charge in [-0.25, -0.2) is 4.79 Å². The van der Waals surface area contributed by atoms with Crippen molar-refractivity contribution in [2.24, 2.45) is 5.92 Å². The van der Waals surface area contributed by atoms with Crippen molar-refractivity contribution >= 4 is 16.9 Å². The van der Waals surface area contributed by atoms with E-state index in [4.69, 9.17) is 13.9 Å². The van der Waals surface area contributed by atoms with Gasteiger partial charge in [0, 0.05) is 50.2 Å². The quantitative estimate of drug-likeness (QED) is 0.337. The minimum absolute atomic E-state index is 0.144. The smallest absolute Gasteiger partial charge is 0.336 e. The molecular formula is C32H40N2O5. The van der Waals surface area contributed by atoms with E-state index in [-0.39, 0.29) is 5.91 Å². The summed E-state index contributed by atoms with van der Waals surface area (Å²) in [4.78, 5) is 30.6. The molecule has 2 aliphatic rings. The van der Waals surface area contributed by atoms with Gasteiger partial charge in [0.05, 0.1) is 13.7 Å². The number of fused-ring (bicyclic) bond motifs is 2. The molecule has 0 aliphatic carbocycles. The predicted molar refractivity (Wildman–Crippen MR) is 153 cm³/mol. The number of benzene rings is 2. The average Bonchev–Trinajstić information content (AvgIpc) is 2.97. The van der Waals surface area contributed by atoms with Crippen molar-refractivity contribution in [1.29, 1.82) is 0 Å². The molecule has 1 amide bonds. The highest BCUT2D eigenvalue weighted by Gasteiger charge is 2.34. The number of hydrogen-bond donors (Lipinski definition) is 0. The van der Waals surface area contributed by atoms with Crippen LogP contribution in [0.15, 0.2) is 57.7 Å². The summed E-state index contributed by atoms with van der Waals surface area (Å²) >= 11 is 0. The molecule has 2 aliphatic heterocycles. The molecule has 0 radical (unpaired) electrons. The molecule has 7 heteroatoms. The predicted octanol–water partition coefficient (Wildman–Crippen LogP) is 5.14. The van der Waals surface area contributed by atoms with Gasteiger partial charge in [0.25, 0.3) is 0 Å².